The Morgan fingerprint density at radius 3 is 2.86 bits per heavy atom. The zero-order valence-corrected chi connectivity index (χ0v) is 21.0. The van der Waals surface area contributed by atoms with E-state index in [0.717, 1.165) is 22.6 Å². The highest BCUT2D eigenvalue weighted by atomic mass is 35.5. The second-order valence-corrected chi connectivity index (χ2v) is 9.59. The number of nitrogens with one attached hydrogen (secondary N) is 2. The molecular formula is C23H16Cl2FN7O3S. The van der Waals surface area contributed by atoms with E-state index >= 15 is 0 Å². The minimum absolute atomic E-state index is 0. The molecule has 0 unspecified atom stereocenters. The molecule has 0 fully saturated rings. The first-order valence-corrected chi connectivity index (χ1v) is 12.0. The molecule has 0 amide bonds. The Morgan fingerprint density at radius 1 is 1.30 bits per heavy atom. The van der Waals surface area contributed by atoms with Gasteiger partial charge in [-0.25, -0.2) is 9.78 Å². The lowest BCUT2D eigenvalue weighted by atomic mass is 9.86. The summed E-state index contributed by atoms with van der Waals surface area (Å²) in [6.07, 6.45) is 3.16. The third kappa shape index (κ3) is 4.32. The van der Waals surface area contributed by atoms with E-state index in [-0.39, 0.29) is 41.1 Å². The SMILES string of the molecule is Cl.O=C1C=C(c2cc(Cl)ccc2-n2cnnn2)C2=C(C1)[C@H](c1nc(F)c(-c3csc(C(=O)O)c3)[nH]1)CN2. The van der Waals surface area contributed by atoms with Crippen LogP contribution in [0, 0.1) is 5.95 Å². The van der Waals surface area contributed by atoms with Crippen molar-refractivity contribution in [1.82, 2.24) is 35.5 Å². The maximum Gasteiger partial charge on any atom is 0.345 e. The summed E-state index contributed by atoms with van der Waals surface area (Å²) in [6.45, 7) is 0.395. The van der Waals surface area contributed by atoms with E-state index in [4.69, 9.17) is 11.6 Å². The first kappa shape index (κ1) is 24.8. The van der Waals surface area contributed by atoms with Gasteiger partial charge in [-0.2, -0.15) is 9.07 Å². The van der Waals surface area contributed by atoms with E-state index in [1.54, 1.807) is 29.7 Å². The Bertz CT molecular complexity index is 1610. The number of aromatic amines is 1. The number of ketones is 1. The molecule has 1 aliphatic heterocycles. The number of H-pyrrole nitrogens is 1. The molecule has 0 saturated carbocycles. The van der Waals surface area contributed by atoms with Gasteiger partial charge in [0, 0.05) is 45.8 Å². The van der Waals surface area contributed by atoms with Crippen LogP contribution in [0.3, 0.4) is 0 Å². The Balaban J connectivity index is 0.00000280. The lowest BCUT2D eigenvalue weighted by Gasteiger charge is -2.20. The van der Waals surface area contributed by atoms with Crippen molar-refractivity contribution < 1.29 is 19.1 Å². The first-order chi connectivity index (χ1) is 17.4. The summed E-state index contributed by atoms with van der Waals surface area (Å²) in [4.78, 5) is 31.2. The van der Waals surface area contributed by atoms with Crippen LogP contribution in [0.15, 0.2) is 53.3 Å². The number of aromatic nitrogens is 6. The highest BCUT2D eigenvalue weighted by molar-refractivity contribution is 7.12. The maximum absolute atomic E-state index is 14.8. The molecule has 1 aromatic carbocycles. The van der Waals surface area contributed by atoms with Crippen molar-refractivity contribution in [2.24, 2.45) is 0 Å². The summed E-state index contributed by atoms with van der Waals surface area (Å²) in [5, 5.41) is 25.9. The fraction of sp³-hybridized carbons (Fsp3) is 0.130. The number of carbonyl (C=O) groups is 2. The van der Waals surface area contributed by atoms with Crippen molar-refractivity contribution in [2.75, 3.05) is 6.54 Å². The van der Waals surface area contributed by atoms with Crippen LogP contribution in [0.25, 0.3) is 22.5 Å². The van der Waals surface area contributed by atoms with Crippen LogP contribution in [0.1, 0.15) is 33.4 Å². The third-order valence-electron chi connectivity index (χ3n) is 6.12. The van der Waals surface area contributed by atoms with Gasteiger partial charge in [-0.05, 0) is 46.3 Å². The zero-order chi connectivity index (χ0) is 25.0. The van der Waals surface area contributed by atoms with Gasteiger partial charge in [-0.15, -0.1) is 28.8 Å². The number of aromatic carboxylic acids is 1. The Kier molecular flexibility index (Phi) is 6.40. The van der Waals surface area contributed by atoms with Gasteiger partial charge in [-0.3, -0.25) is 4.79 Å². The van der Waals surface area contributed by atoms with E-state index in [1.165, 1.54) is 17.1 Å². The van der Waals surface area contributed by atoms with Gasteiger partial charge in [0.1, 0.15) is 22.7 Å². The molecule has 1 aliphatic carbocycles. The van der Waals surface area contributed by atoms with Crippen LogP contribution < -0.4 is 5.32 Å². The quantitative estimate of drug-likeness (QED) is 0.333. The minimum atomic E-state index is -1.08. The highest BCUT2D eigenvalue weighted by Gasteiger charge is 2.36. The normalized spacial score (nSPS) is 16.8. The van der Waals surface area contributed by atoms with Gasteiger partial charge < -0.3 is 15.4 Å². The van der Waals surface area contributed by atoms with Gasteiger partial charge in [0.2, 0.25) is 5.95 Å². The summed E-state index contributed by atoms with van der Waals surface area (Å²) >= 11 is 7.30. The Labute approximate surface area is 223 Å². The van der Waals surface area contributed by atoms with Gasteiger partial charge in [0.15, 0.2) is 5.78 Å². The molecule has 0 bridgehead atoms. The molecule has 4 heterocycles. The van der Waals surface area contributed by atoms with E-state index in [9.17, 15) is 19.1 Å². The number of carboxylic acids is 1. The molecule has 1 atom stereocenters. The predicted molar refractivity (Wildman–Crippen MR) is 136 cm³/mol. The minimum Gasteiger partial charge on any atom is -0.477 e. The van der Waals surface area contributed by atoms with Crippen LogP contribution >= 0.6 is 35.3 Å². The molecule has 188 valence electrons. The molecule has 3 N–H and O–H groups in total. The molecule has 0 saturated heterocycles. The zero-order valence-electron chi connectivity index (χ0n) is 18.6. The van der Waals surface area contributed by atoms with E-state index < -0.39 is 11.9 Å². The average Bonchev–Trinajstić information content (AvgIpc) is 3.64. The topological polar surface area (TPSA) is 139 Å². The number of carboxylic acid groups (broad SMARTS) is 1. The smallest absolute Gasteiger partial charge is 0.345 e. The van der Waals surface area contributed by atoms with Crippen molar-refractivity contribution >= 4 is 52.7 Å². The summed E-state index contributed by atoms with van der Waals surface area (Å²) in [6, 6.07) is 6.61. The molecule has 3 aromatic heterocycles. The summed E-state index contributed by atoms with van der Waals surface area (Å²) in [7, 11) is 0. The van der Waals surface area contributed by atoms with Crippen LogP contribution in [0.5, 0.6) is 0 Å². The predicted octanol–water partition coefficient (Wildman–Crippen LogP) is 4.02. The molecule has 6 rings (SSSR count). The Morgan fingerprint density at radius 2 is 2.14 bits per heavy atom. The molecule has 14 heteroatoms. The van der Waals surface area contributed by atoms with E-state index in [1.807, 2.05) is 0 Å². The molecule has 0 spiro atoms. The lowest BCUT2D eigenvalue weighted by Crippen LogP contribution is -2.15. The number of rotatable bonds is 5. The maximum atomic E-state index is 14.8. The fourth-order valence-corrected chi connectivity index (χ4v) is 5.45. The summed E-state index contributed by atoms with van der Waals surface area (Å²) in [5.41, 5.74) is 3.97. The second kappa shape index (κ2) is 9.54. The molecule has 37 heavy (non-hydrogen) atoms. The van der Waals surface area contributed by atoms with Gasteiger partial charge in [0.25, 0.3) is 0 Å². The Hall–Kier alpha value is -3.87. The van der Waals surface area contributed by atoms with Crippen LogP contribution in [0.2, 0.25) is 5.02 Å². The molecular weight excluding hydrogens is 544 g/mol. The molecule has 0 radical (unpaired) electrons. The highest BCUT2D eigenvalue weighted by Crippen LogP contribution is 2.42. The number of imidazole rings is 1. The number of carbonyl (C=O) groups excluding carboxylic acids is 1. The first-order valence-electron chi connectivity index (χ1n) is 10.7. The largest absolute Gasteiger partial charge is 0.477 e. The van der Waals surface area contributed by atoms with Crippen molar-refractivity contribution in [3.8, 4) is 16.9 Å². The number of benzene rings is 1. The number of thiophene rings is 1. The van der Waals surface area contributed by atoms with Gasteiger partial charge >= 0.3 is 5.97 Å². The van der Waals surface area contributed by atoms with E-state index in [0.29, 0.717) is 39.8 Å². The van der Waals surface area contributed by atoms with Gasteiger partial charge in [0.05, 0.1) is 11.6 Å². The number of hydrogen-bond donors (Lipinski definition) is 3. The molecule has 10 nitrogen and oxygen atoms in total. The monoisotopic (exact) mass is 559 g/mol. The van der Waals surface area contributed by atoms with E-state index in [2.05, 4.69) is 30.8 Å². The number of nitrogens with zero attached hydrogens (tertiary/aromatic N) is 5. The van der Waals surface area contributed by atoms with Crippen molar-refractivity contribution in [2.45, 2.75) is 12.3 Å². The summed E-state index contributed by atoms with van der Waals surface area (Å²) in [5.74, 6) is -1.96. The number of allylic oxidation sites excluding steroid dienone is 2. The standard InChI is InChI=1S/C23H15ClFN7O3S.ClH/c24-11-1-2-17(32-9-27-30-31-32)13(4-11)14-5-12(33)6-15-16(7-26-20(14)15)22-28-19(21(25)29-22)10-3-18(23(34)35)36-8-10;/h1-5,8-9,16,26H,6-7H2,(H,28,29)(H,34,35);1H/t16-;/m1./s1. The summed E-state index contributed by atoms with van der Waals surface area (Å²) < 4.78 is 16.3. The fourth-order valence-electron chi connectivity index (χ4n) is 4.54. The van der Waals surface area contributed by atoms with Crippen LogP contribution in [-0.2, 0) is 4.79 Å². The third-order valence-corrected chi connectivity index (χ3v) is 7.27. The lowest BCUT2D eigenvalue weighted by molar-refractivity contribution is -0.114. The number of tetrazole rings is 1. The molecule has 4 aromatic rings. The van der Waals surface area contributed by atoms with Crippen LogP contribution in [0.4, 0.5) is 4.39 Å². The second-order valence-electron chi connectivity index (χ2n) is 8.24. The number of hydrogen-bond acceptors (Lipinski definition) is 8. The van der Waals surface area contributed by atoms with Gasteiger partial charge in [-0.1, -0.05) is 11.6 Å². The number of halogens is 3. The van der Waals surface area contributed by atoms with Crippen molar-refractivity contribution in [3.05, 3.63) is 80.6 Å². The van der Waals surface area contributed by atoms with Crippen molar-refractivity contribution in [1.29, 1.82) is 0 Å². The van der Waals surface area contributed by atoms with Crippen molar-refractivity contribution in [3.63, 3.8) is 0 Å². The average molecular weight is 560 g/mol. The van der Waals surface area contributed by atoms with Crippen LogP contribution in [-0.4, -0.2) is 53.6 Å². The molecule has 2 aliphatic rings.